The third-order valence-electron chi connectivity index (χ3n) is 4.08. The maximum Gasteiger partial charge on any atom is 0.273 e. The number of hydrogen-bond acceptors (Lipinski definition) is 4. The molecule has 132 valence electrons. The first kappa shape index (κ1) is 18.5. The van der Waals surface area contributed by atoms with Gasteiger partial charge in [-0.3, -0.25) is 4.79 Å². The Labute approximate surface area is 148 Å². The lowest BCUT2D eigenvalue weighted by Gasteiger charge is -2.15. The summed E-state index contributed by atoms with van der Waals surface area (Å²) in [5.41, 5.74) is 5.15. The van der Waals surface area contributed by atoms with Crippen LogP contribution < -0.4 is 10.1 Å². The lowest BCUT2D eigenvalue weighted by atomic mass is 10.0. The van der Waals surface area contributed by atoms with Gasteiger partial charge in [-0.1, -0.05) is 41.1 Å². The molecule has 0 saturated heterocycles. The van der Waals surface area contributed by atoms with E-state index in [2.05, 4.69) is 23.5 Å². The van der Waals surface area contributed by atoms with Crippen molar-refractivity contribution < 1.29 is 14.4 Å². The van der Waals surface area contributed by atoms with E-state index in [0.717, 1.165) is 22.4 Å². The second-order valence-electron chi connectivity index (χ2n) is 5.85. The van der Waals surface area contributed by atoms with Crippen LogP contribution in [0.2, 0.25) is 0 Å². The molecule has 0 radical (unpaired) electrons. The van der Waals surface area contributed by atoms with Crippen molar-refractivity contribution in [2.75, 3.05) is 14.2 Å². The Bertz CT molecular complexity index is 798. The molecular formula is C20H24N2O3. The van der Waals surface area contributed by atoms with Gasteiger partial charge >= 0.3 is 0 Å². The van der Waals surface area contributed by atoms with Crippen molar-refractivity contribution in [1.82, 2.24) is 5.32 Å². The number of aryl methyl sites for hydroxylation is 2. The monoisotopic (exact) mass is 340 g/mol. The maximum atomic E-state index is 12.1. The number of hydrogen-bond donors (Lipinski definition) is 1. The van der Waals surface area contributed by atoms with Gasteiger partial charge in [0.2, 0.25) is 0 Å². The molecule has 0 aromatic heterocycles. The highest BCUT2D eigenvalue weighted by molar-refractivity contribution is 6.45. The van der Waals surface area contributed by atoms with Crippen LogP contribution in [-0.4, -0.2) is 25.8 Å². The van der Waals surface area contributed by atoms with Gasteiger partial charge in [0, 0.05) is 12.6 Å². The molecule has 0 aliphatic heterocycles. The van der Waals surface area contributed by atoms with Gasteiger partial charge in [-0.05, 0) is 43.5 Å². The molecule has 2 rings (SSSR count). The lowest BCUT2D eigenvalue weighted by Crippen LogP contribution is -2.29. The molecule has 0 atom stereocenters. The van der Waals surface area contributed by atoms with Crippen LogP contribution >= 0.6 is 0 Å². The van der Waals surface area contributed by atoms with E-state index in [9.17, 15) is 4.79 Å². The summed E-state index contributed by atoms with van der Waals surface area (Å²) in [7, 11) is 2.98. The minimum absolute atomic E-state index is 0.226. The van der Waals surface area contributed by atoms with Crippen molar-refractivity contribution in [3.63, 3.8) is 0 Å². The fourth-order valence-electron chi connectivity index (χ4n) is 2.53. The van der Waals surface area contributed by atoms with Gasteiger partial charge in [0.25, 0.3) is 5.91 Å². The van der Waals surface area contributed by atoms with Crippen molar-refractivity contribution in [3.8, 4) is 5.75 Å². The molecule has 5 nitrogen and oxygen atoms in total. The fourth-order valence-corrected chi connectivity index (χ4v) is 2.53. The average Bonchev–Trinajstić information content (AvgIpc) is 2.61. The normalized spacial score (nSPS) is 11.2. The topological polar surface area (TPSA) is 59.9 Å². The summed E-state index contributed by atoms with van der Waals surface area (Å²) in [4.78, 5) is 17.0. The summed E-state index contributed by atoms with van der Waals surface area (Å²) in [6, 6.07) is 11.8. The Hall–Kier alpha value is -2.82. The van der Waals surface area contributed by atoms with Gasteiger partial charge in [-0.25, -0.2) is 0 Å². The first-order chi connectivity index (χ1) is 12.0. The van der Waals surface area contributed by atoms with E-state index in [1.807, 2.05) is 44.2 Å². The molecular weight excluding hydrogens is 316 g/mol. The first-order valence-corrected chi connectivity index (χ1v) is 8.10. The minimum atomic E-state index is -0.307. The number of oxime groups is 1. The summed E-state index contributed by atoms with van der Waals surface area (Å²) in [6.07, 6.45) is 0. The van der Waals surface area contributed by atoms with Crippen LogP contribution in [0.5, 0.6) is 5.75 Å². The van der Waals surface area contributed by atoms with Crippen molar-refractivity contribution in [2.45, 2.75) is 27.4 Å². The molecule has 0 spiro atoms. The standard InChI is InChI=1S/C20H24N2O3/c1-13-9-10-17(19(22-24-5)20(23)21-4)16(11-13)12-25-18-8-6-7-14(2)15(18)3/h6-11H,12H2,1-5H3,(H,21,23)/b22-19+. The average molecular weight is 340 g/mol. The molecule has 2 aromatic carbocycles. The third-order valence-corrected chi connectivity index (χ3v) is 4.08. The third kappa shape index (κ3) is 4.38. The van der Waals surface area contributed by atoms with E-state index < -0.39 is 0 Å². The fraction of sp³-hybridized carbons (Fsp3) is 0.300. The zero-order valence-corrected chi connectivity index (χ0v) is 15.3. The van der Waals surface area contributed by atoms with Gasteiger partial charge in [-0.15, -0.1) is 0 Å². The molecule has 1 N–H and O–H groups in total. The highest BCUT2D eigenvalue weighted by Gasteiger charge is 2.18. The molecule has 0 aliphatic rings. The number of likely N-dealkylation sites (N-methyl/N-ethyl adjacent to an activating group) is 1. The highest BCUT2D eigenvalue weighted by atomic mass is 16.6. The van der Waals surface area contributed by atoms with E-state index in [0.29, 0.717) is 12.2 Å². The number of nitrogens with zero attached hydrogens (tertiary/aromatic N) is 1. The Morgan fingerprint density at radius 3 is 2.60 bits per heavy atom. The maximum absolute atomic E-state index is 12.1. The Balaban J connectivity index is 2.37. The van der Waals surface area contributed by atoms with Crippen molar-refractivity contribution in [1.29, 1.82) is 0 Å². The van der Waals surface area contributed by atoms with Crippen LogP contribution in [-0.2, 0) is 16.2 Å². The Kier molecular flexibility index (Phi) is 6.17. The largest absolute Gasteiger partial charge is 0.489 e. The molecule has 0 saturated carbocycles. The van der Waals surface area contributed by atoms with Gasteiger partial charge in [0.15, 0.2) is 5.71 Å². The van der Waals surface area contributed by atoms with Crippen LogP contribution in [0.25, 0.3) is 0 Å². The number of amides is 1. The van der Waals surface area contributed by atoms with Crippen LogP contribution in [0.4, 0.5) is 0 Å². The molecule has 1 amide bonds. The second kappa shape index (κ2) is 8.33. The molecule has 2 aromatic rings. The molecule has 5 heteroatoms. The van der Waals surface area contributed by atoms with E-state index in [1.165, 1.54) is 12.7 Å². The summed E-state index contributed by atoms with van der Waals surface area (Å²) < 4.78 is 6.01. The van der Waals surface area contributed by atoms with Gasteiger partial charge in [-0.2, -0.15) is 0 Å². The zero-order valence-electron chi connectivity index (χ0n) is 15.3. The van der Waals surface area contributed by atoms with E-state index in [4.69, 9.17) is 9.57 Å². The van der Waals surface area contributed by atoms with Gasteiger partial charge in [0.05, 0.1) is 0 Å². The molecule has 0 fully saturated rings. The van der Waals surface area contributed by atoms with Gasteiger partial charge < -0.3 is 14.9 Å². The first-order valence-electron chi connectivity index (χ1n) is 8.10. The van der Waals surface area contributed by atoms with Crippen molar-refractivity contribution in [2.24, 2.45) is 5.16 Å². The molecule has 0 aliphatic carbocycles. The van der Waals surface area contributed by atoms with Gasteiger partial charge in [0.1, 0.15) is 19.5 Å². The van der Waals surface area contributed by atoms with Crippen LogP contribution in [0.15, 0.2) is 41.6 Å². The predicted octanol–water partition coefficient (Wildman–Crippen LogP) is 3.29. The molecule has 0 unspecified atom stereocenters. The number of ether oxygens (including phenoxy) is 1. The van der Waals surface area contributed by atoms with Crippen LogP contribution in [0.3, 0.4) is 0 Å². The highest BCUT2D eigenvalue weighted by Crippen LogP contribution is 2.23. The minimum Gasteiger partial charge on any atom is -0.489 e. The number of rotatable bonds is 6. The summed E-state index contributed by atoms with van der Waals surface area (Å²) in [5, 5.41) is 6.48. The van der Waals surface area contributed by atoms with E-state index in [-0.39, 0.29) is 11.6 Å². The molecule has 0 heterocycles. The Morgan fingerprint density at radius 2 is 1.92 bits per heavy atom. The van der Waals surface area contributed by atoms with E-state index >= 15 is 0 Å². The number of nitrogens with one attached hydrogen (secondary N) is 1. The quantitative estimate of drug-likeness (QED) is 0.648. The smallest absolute Gasteiger partial charge is 0.273 e. The van der Waals surface area contributed by atoms with Crippen molar-refractivity contribution in [3.05, 3.63) is 64.2 Å². The second-order valence-corrected chi connectivity index (χ2v) is 5.85. The molecule has 25 heavy (non-hydrogen) atoms. The lowest BCUT2D eigenvalue weighted by molar-refractivity contribution is -0.114. The van der Waals surface area contributed by atoms with Crippen molar-refractivity contribution >= 4 is 11.6 Å². The van der Waals surface area contributed by atoms with E-state index in [1.54, 1.807) is 7.05 Å². The summed E-state index contributed by atoms with van der Waals surface area (Å²) in [6.45, 7) is 6.42. The zero-order chi connectivity index (χ0) is 18.4. The number of benzene rings is 2. The SMILES string of the molecule is CNC(=O)/C(=N/OC)c1ccc(C)cc1COc1cccc(C)c1C. The summed E-state index contributed by atoms with van der Waals surface area (Å²) >= 11 is 0. The number of carbonyl (C=O) groups is 1. The Morgan fingerprint density at radius 1 is 1.16 bits per heavy atom. The van der Waals surface area contributed by atoms with Crippen LogP contribution in [0.1, 0.15) is 27.8 Å². The van der Waals surface area contributed by atoms with Crippen LogP contribution in [0, 0.1) is 20.8 Å². The number of carbonyl (C=O) groups excluding carboxylic acids is 1. The predicted molar refractivity (Wildman–Crippen MR) is 99.0 cm³/mol. The summed E-state index contributed by atoms with van der Waals surface area (Å²) in [5.74, 6) is 0.524. The molecule has 0 bridgehead atoms.